The highest BCUT2D eigenvalue weighted by atomic mass is 16.5. The first-order valence-corrected chi connectivity index (χ1v) is 6.86. The van der Waals surface area contributed by atoms with Gasteiger partial charge in [0.2, 0.25) is 0 Å². The van der Waals surface area contributed by atoms with Crippen molar-refractivity contribution < 1.29 is 14.9 Å². The maximum absolute atomic E-state index is 9.88. The van der Waals surface area contributed by atoms with Gasteiger partial charge in [0.25, 0.3) is 0 Å². The van der Waals surface area contributed by atoms with Crippen LogP contribution in [-0.4, -0.2) is 53.6 Å². The summed E-state index contributed by atoms with van der Waals surface area (Å²) in [7, 11) is 0. The normalized spacial score (nSPS) is 22.4. The molecule has 108 valence electrons. The number of aliphatic hydroxyl groups excluding tert-OH is 1. The third kappa shape index (κ3) is 4.53. The van der Waals surface area contributed by atoms with Gasteiger partial charge in [0.05, 0.1) is 5.60 Å². The molecule has 0 radical (unpaired) electrons. The topological polar surface area (TPSA) is 52.9 Å². The third-order valence-electron chi connectivity index (χ3n) is 3.35. The minimum atomic E-state index is -0.556. The molecule has 0 spiro atoms. The first-order valence-electron chi connectivity index (χ1n) is 6.86. The fourth-order valence-electron chi connectivity index (χ4n) is 2.33. The number of nitrogens with zero attached hydrogens (tertiary/aromatic N) is 1. The lowest BCUT2D eigenvalue weighted by molar-refractivity contribution is 0.0670. The van der Waals surface area contributed by atoms with Crippen molar-refractivity contribution in [3.63, 3.8) is 0 Å². The van der Waals surface area contributed by atoms with Crippen LogP contribution in [0.3, 0.4) is 0 Å². The zero-order valence-corrected chi connectivity index (χ0v) is 11.8. The average Bonchev–Trinajstić information content (AvgIpc) is 2.76. The molecule has 1 saturated heterocycles. The molecule has 1 aromatic carbocycles. The summed E-state index contributed by atoms with van der Waals surface area (Å²) in [5.74, 6) is 6.25. The van der Waals surface area contributed by atoms with Gasteiger partial charge in [0.15, 0.2) is 0 Å². The molecule has 0 saturated carbocycles. The molecule has 1 heterocycles. The molecule has 0 amide bonds. The van der Waals surface area contributed by atoms with E-state index in [9.17, 15) is 5.11 Å². The molecular formula is C16H21NO3. The summed E-state index contributed by atoms with van der Waals surface area (Å²) in [4.78, 5) is 2.20. The summed E-state index contributed by atoms with van der Waals surface area (Å²) in [6.07, 6.45) is 0.819. The first-order chi connectivity index (χ1) is 9.59. The molecule has 2 rings (SSSR count). The summed E-state index contributed by atoms with van der Waals surface area (Å²) in [6.45, 7) is 4.75. The number of benzene rings is 1. The minimum Gasteiger partial charge on any atom is -0.492 e. The van der Waals surface area contributed by atoms with Crippen LogP contribution in [0, 0.1) is 11.8 Å². The van der Waals surface area contributed by atoms with Crippen molar-refractivity contribution in [2.24, 2.45) is 0 Å². The van der Waals surface area contributed by atoms with E-state index in [1.54, 1.807) is 0 Å². The summed E-state index contributed by atoms with van der Waals surface area (Å²) < 4.78 is 5.70. The molecule has 1 atom stereocenters. The van der Waals surface area contributed by atoms with Crippen molar-refractivity contribution in [2.75, 3.05) is 32.8 Å². The van der Waals surface area contributed by atoms with Crippen molar-refractivity contribution in [2.45, 2.75) is 18.9 Å². The molecule has 1 aliphatic rings. The van der Waals surface area contributed by atoms with Crippen molar-refractivity contribution in [3.05, 3.63) is 29.8 Å². The number of rotatable bonds is 4. The first kappa shape index (κ1) is 14.9. The van der Waals surface area contributed by atoms with Gasteiger partial charge in [-0.25, -0.2) is 0 Å². The van der Waals surface area contributed by atoms with Crippen LogP contribution in [0.4, 0.5) is 0 Å². The number of hydrogen-bond acceptors (Lipinski definition) is 4. The Morgan fingerprint density at radius 2 is 2.30 bits per heavy atom. The van der Waals surface area contributed by atoms with Gasteiger partial charge >= 0.3 is 0 Å². The Labute approximate surface area is 120 Å². The Hall–Kier alpha value is -1.54. The van der Waals surface area contributed by atoms with Crippen LogP contribution in [0.25, 0.3) is 0 Å². The molecule has 20 heavy (non-hydrogen) atoms. The Morgan fingerprint density at radius 3 is 3.00 bits per heavy atom. The molecule has 0 aliphatic carbocycles. The van der Waals surface area contributed by atoms with Crippen LogP contribution in [0.2, 0.25) is 0 Å². The zero-order valence-electron chi connectivity index (χ0n) is 11.8. The monoisotopic (exact) mass is 275 g/mol. The van der Waals surface area contributed by atoms with Crippen LogP contribution in [0.15, 0.2) is 24.3 Å². The molecular weight excluding hydrogens is 254 g/mol. The highest BCUT2D eigenvalue weighted by molar-refractivity contribution is 5.39. The molecule has 0 aromatic heterocycles. The van der Waals surface area contributed by atoms with E-state index in [4.69, 9.17) is 9.84 Å². The predicted octanol–water partition coefficient (Wildman–Crippen LogP) is 0.866. The predicted molar refractivity (Wildman–Crippen MR) is 77.6 cm³/mol. The maximum Gasteiger partial charge on any atom is 0.120 e. The van der Waals surface area contributed by atoms with Gasteiger partial charge in [0, 0.05) is 25.2 Å². The van der Waals surface area contributed by atoms with E-state index in [0.717, 1.165) is 30.8 Å². The van der Waals surface area contributed by atoms with Crippen LogP contribution in [-0.2, 0) is 0 Å². The molecule has 1 aliphatic heterocycles. The lowest BCUT2D eigenvalue weighted by atomic mass is 10.1. The number of likely N-dealkylation sites (tertiary alicyclic amines) is 1. The Morgan fingerprint density at radius 1 is 1.45 bits per heavy atom. The lowest BCUT2D eigenvalue weighted by Gasteiger charge is -2.18. The summed E-state index contributed by atoms with van der Waals surface area (Å²) >= 11 is 0. The van der Waals surface area contributed by atoms with E-state index >= 15 is 0 Å². The van der Waals surface area contributed by atoms with Gasteiger partial charge in [-0.15, -0.1) is 0 Å². The summed E-state index contributed by atoms with van der Waals surface area (Å²) in [5.41, 5.74) is 0.278. The number of ether oxygens (including phenoxy) is 1. The fraction of sp³-hybridized carbons (Fsp3) is 0.500. The summed E-state index contributed by atoms with van der Waals surface area (Å²) in [5, 5.41) is 18.6. The second kappa shape index (κ2) is 6.76. The Bertz CT molecular complexity index is 502. The number of β-amino-alcohol motifs (C(OH)–C–C–N with tert-alkyl or cyclic N) is 1. The SMILES string of the molecule is CC1(O)CCN(CCOc2cccc(C#CCO)c2)C1. The second-order valence-electron chi connectivity index (χ2n) is 5.36. The van der Waals surface area contributed by atoms with Gasteiger partial charge < -0.3 is 14.9 Å². The molecule has 0 bridgehead atoms. The molecule has 1 unspecified atom stereocenters. The highest BCUT2D eigenvalue weighted by Crippen LogP contribution is 2.20. The smallest absolute Gasteiger partial charge is 0.120 e. The molecule has 1 aromatic rings. The van der Waals surface area contributed by atoms with Crippen LogP contribution < -0.4 is 4.74 Å². The third-order valence-corrected chi connectivity index (χ3v) is 3.35. The van der Waals surface area contributed by atoms with Crippen LogP contribution >= 0.6 is 0 Å². The fourth-order valence-corrected chi connectivity index (χ4v) is 2.33. The Kier molecular flexibility index (Phi) is 5.02. The van der Waals surface area contributed by atoms with E-state index in [0.29, 0.717) is 13.2 Å². The van der Waals surface area contributed by atoms with Crippen molar-refractivity contribution in [1.29, 1.82) is 0 Å². The molecule has 2 N–H and O–H groups in total. The second-order valence-corrected chi connectivity index (χ2v) is 5.36. The maximum atomic E-state index is 9.88. The average molecular weight is 275 g/mol. The van der Waals surface area contributed by atoms with Gasteiger partial charge in [-0.1, -0.05) is 17.9 Å². The van der Waals surface area contributed by atoms with E-state index in [2.05, 4.69) is 16.7 Å². The van der Waals surface area contributed by atoms with Gasteiger partial charge in [-0.3, -0.25) is 4.90 Å². The summed E-state index contributed by atoms with van der Waals surface area (Å²) in [6, 6.07) is 7.53. The number of hydrogen-bond donors (Lipinski definition) is 2. The van der Waals surface area contributed by atoms with Crippen molar-refractivity contribution >= 4 is 0 Å². The van der Waals surface area contributed by atoms with E-state index in [1.165, 1.54) is 0 Å². The van der Waals surface area contributed by atoms with E-state index in [-0.39, 0.29) is 6.61 Å². The van der Waals surface area contributed by atoms with Crippen LogP contribution in [0.1, 0.15) is 18.9 Å². The highest BCUT2D eigenvalue weighted by Gasteiger charge is 2.30. The van der Waals surface area contributed by atoms with Crippen molar-refractivity contribution in [3.8, 4) is 17.6 Å². The molecule has 1 fully saturated rings. The quantitative estimate of drug-likeness (QED) is 0.801. The minimum absolute atomic E-state index is 0.139. The number of aliphatic hydroxyl groups is 2. The molecule has 4 nitrogen and oxygen atoms in total. The van der Waals surface area contributed by atoms with Crippen LogP contribution in [0.5, 0.6) is 5.75 Å². The van der Waals surface area contributed by atoms with Gasteiger partial charge in [-0.2, -0.15) is 0 Å². The molecule has 4 heteroatoms. The lowest BCUT2D eigenvalue weighted by Crippen LogP contribution is -2.32. The zero-order chi connectivity index (χ0) is 14.4. The van der Waals surface area contributed by atoms with E-state index in [1.807, 2.05) is 31.2 Å². The Balaban J connectivity index is 1.80. The largest absolute Gasteiger partial charge is 0.492 e. The van der Waals surface area contributed by atoms with Crippen molar-refractivity contribution in [1.82, 2.24) is 4.90 Å². The standard InChI is InChI=1S/C16H21NO3/c1-16(19)7-8-17(13-16)9-11-20-15-6-2-4-14(12-15)5-3-10-18/h2,4,6,12,18-19H,7-11,13H2,1H3. The van der Waals surface area contributed by atoms with E-state index < -0.39 is 5.60 Å². The van der Waals surface area contributed by atoms with Gasteiger partial charge in [0.1, 0.15) is 19.0 Å². The van der Waals surface area contributed by atoms with Gasteiger partial charge in [-0.05, 0) is 31.5 Å².